The maximum absolute atomic E-state index is 13.3. The zero-order valence-corrected chi connectivity index (χ0v) is 9.39. The molecule has 0 saturated heterocycles. The summed E-state index contributed by atoms with van der Waals surface area (Å²) >= 11 is 5.84. The zero-order valence-electron chi connectivity index (χ0n) is 8.63. The Bertz CT molecular complexity index is 299. The van der Waals surface area contributed by atoms with Crippen LogP contribution in [-0.2, 0) is 6.42 Å². The van der Waals surface area contributed by atoms with E-state index in [1.54, 1.807) is 12.1 Å². The Kier molecular flexibility index (Phi) is 5.02. The van der Waals surface area contributed by atoms with E-state index in [2.05, 4.69) is 5.32 Å². The first-order valence-electron chi connectivity index (χ1n) is 4.96. The molecule has 0 heterocycles. The molecule has 0 aromatic heterocycles. The van der Waals surface area contributed by atoms with Gasteiger partial charge >= 0.3 is 0 Å². The third kappa shape index (κ3) is 3.78. The summed E-state index contributed by atoms with van der Waals surface area (Å²) in [5.41, 5.74) is 0.379. The smallest absolute Gasteiger partial charge is 0.127 e. The molecule has 1 aromatic carbocycles. The number of nitrogens with one attached hydrogen (secondary N) is 1. The summed E-state index contributed by atoms with van der Waals surface area (Å²) < 4.78 is 13.3. The number of likely N-dealkylation sites (N-methyl/N-ethyl adjacent to an activating group) is 1. The molecule has 0 bridgehead atoms. The molecular formula is C11H15ClFNO. The van der Waals surface area contributed by atoms with Crippen molar-refractivity contribution in [2.24, 2.45) is 0 Å². The van der Waals surface area contributed by atoms with E-state index in [1.807, 2.05) is 6.92 Å². The summed E-state index contributed by atoms with van der Waals surface area (Å²) in [6, 6.07) is 4.53. The van der Waals surface area contributed by atoms with E-state index >= 15 is 0 Å². The second-order valence-electron chi connectivity index (χ2n) is 3.37. The van der Waals surface area contributed by atoms with Gasteiger partial charge in [0.1, 0.15) is 5.82 Å². The zero-order chi connectivity index (χ0) is 11.3. The van der Waals surface area contributed by atoms with Gasteiger partial charge in [-0.2, -0.15) is 0 Å². The van der Waals surface area contributed by atoms with Crippen molar-refractivity contribution in [2.75, 3.05) is 13.1 Å². The molecular weight excluding hydrogens is 217 g/mol. The van der Waals surface area contributed by atoms with E-state index in [-0.39, 0.29) is 12.2 Å². The molecule has 1 atom stereocenters. The molecule has 4 heteroatoms. The van der Waals surface area contributed by atoms with Crippen molar-refractivity contribution in [1.82, 2.24) is 5.32 Å². The lowest BCUT2D eigenvalue weighted by molar-refractivity contribution is 0.171. The Morgan fingerprint density at radius 2 is 2.27 bits per heavy atom. The van der Waals surface area contributed by atoms with Crippen molar-refractivity contribution in [1.29, 1.82) is 0 Å². The molecule has 1 aromatic rings. The summed E-state index contributed by atoms with van der Waals surface area (Å²) in [6.07, 6.45) is -0.377. The van der Waals surface area contributed by atoms with Crippen LogP contribution in [-0.4, -0.2) is 24.3 Å². The Balaban J connectivity index is 2.63. The maximum Gasteiger partial charge on any atom is 0.127 e. The van der Waals surface area contributed by atoms with Crippen molar-refractivity contribution in [3.8, 4) is 0 Å². The highest BCUT2D eigenvalue weighted by Gasteiger charge is 2.11. The standard InChI is InChI=1S/C11H15ClFNO/c1-2-14-7-8(15)6-9-10(12)4-3-5-11(9)13/h3-5,8,14-15H,2,6-7H2,1H3. The number of benzene rings is 1. The average Bonchev–Trinajstić information content (AvgIpc) is 2.21. The van der Waals surface area contributed by atoms with Gasteiger partial charge in [0.05, 0.1) is 6.10 Å². The summed E-state index contributed by atoms with van der Waals surface area (Å²) in [6.45, 7) is 3.17. The number of hydrogen-bond donors (Lipinski definition) is 2. The highest BCUT2D eigenvalue weighted by Crippen LogP contribution is 2.20. The number of rotatable bonds is 5. The quantitative estimate of drug-likeness (QED) is 0.813. The lowest BCUT2D eigenvalue weighted by Gasteiger charge is -2.12. The summed E-state index contributed by atoms with van der Waals surface area (Å²) in [7, 11) is 0. The molecule has 2 nitrogen and oxygen atoms in total. The third-order valence-corrected chi connectivity index (χ3v) is 2.49. The Labute approximate surface area is 94.1 Å². The van der Waals surface area contributed by atoms with Crippen LogP contribution in [0.4, 0.5) is 4.39 Å². The lowest BCUT2D eigenvalue weighted by Crippen LogP contribution is -2.28. The molecule has 0 aliphatic rings. The first-order valence-corrected chi connectivity index (χ1v) is 5.34. The van der Waals surface area contributed by atoms with Crippen LogP contribution >= 0.6 is 11.6 Å². The number of aliphatic hydroxyl groups excluding tert-OH is 1. The highest BCUT2D eigenvalue weighted by atomic mass is 35.5. The van der Waals surface area contributed by atoms with E-state index < -0.39 is 6.10 Å². The molecule has 0 aliphatic heterocycles. The van der Waals surface area contributed by atoms with Crippen molar-refractivity contribution in [2.45, 2.75) is 19.4 Å². The fourth-order valence-corrected chi connectivity index (χ4v) is 1.59. The normalized spacial score (nSPS) is 12.8. The molecule has 0 aliphatic carbocycles. The van der Waals surface area contributed by atoms with Crippen LogP contribution in [0.1, 0.15) is 12.5 Å². The monoisotopic (exact) mass is 231 g/mol. The minimum atomic E-state index is -0.612. The van der Waals surface area contributed by atoms with E-state index in [0.29, 0.717) is 17.1 Å². The average molecular weight is 232 g/mol. The molecule has 0 fully saturated rings. The molecule has 15 heavy (non-hydrogen) atoms. The second-order valence-corrected chi connectivity index (χ2v) is 3.77. The molecule has 84 valence electrons. The third-order valence-electron chi connectivity index (χ3n) is 2.13. The van der Waals surface area contributed by atoms with Crippen molar-refractivity contribution in [3.63, 3.8) is 0 Å². The van der Waals surface area contributed by atoms with Crippen LogP contribution in [0.3, 0.4) is 0 Å². The van der Waals surface area contributed by atoms with Crippen LogP contribution in [0.15, 0.2) is 18.2 Å². The van der Waals surface area contributed by atoms with Crippen molar-refractivity contribution < 1.29 is 9.50 Å². The van der Waals surface area contributed by atoms with E-state index in [0.717, 1.165) is 6.54 Å². The maximum atomic E-state index is 13.3. The molecule has 0 amide bonds. The van der Waals surface area contributed by atoms with Gasteiger partial charge in [-0.1, -0.05) is 24.6 Å². The fourth-order valence-electron chi connectivity index (χ4n) is 1.35. The van der Waals surface area contributed by atoms with Gasteiger partial charge in [-0.05, 0) is 18.7 Å². The first-order chi connectivity index (χ1) is 7.15. The Morgan fingerprint density at radius 1 is 1.53 bits per heavy atom. The molecule has 1 rings (SSSR count). The van der Waals surface area contributed by atoms with Gasteiger partial charge in [0.25, 0.3) is 0 Å². The molecule has 0 spiro atoms. The number of halogens is 2. The van der Waals surface area contributed by atoms with Crippen molar-refractivity contribution >= 4 is 11.6 Å². The molecule has 2 N–H and O–H groups in total. The van der Waals surface area contributed by atoms with Crippen molar-refractivity contribution in [3.05, 3.63) is 34.6 Å². The van der Waals surface area contributed by atoms with E-state index in [9.17, 15) is 9.50 Å². The molecule has 1 unspecified atom stereocenters. The van der Waals surface area contributed by atoms with E-state index in [1.165, 1.54) is 6.07 Å². The van der Waals surface area contributed by atoms with Gasteiger partial charge in [0.15, 0.2) is 0 Å². The first kappa shape index (κ1) is 12.4. The molecule has 0 saturated carbocycles. The minimum absolute atomic E-state index is 0.235. The fraction of sp³-hybridized carbons (Fsp3) is 0.455. The second kappa shape index (κ2) is 6.05. The lowest BCUT2D eigenvalue weighted by atomic mass is 10.1. The van der Waals surface area contributed by atoms with Gasteiger partial charge in [-0.25, -0.2) is 4.39 Å². The summed E-state index contributed by atoms with van der Waals surface area (Å²) in [4.78, 5) is 0. The van der Waals surface area contributed by atoms with Crippen LogP contribution in [0.5, 0.6) is 0 Å². The van der Waals surface area contributed by atoms with Crippen LogP contribution in [0, 0.1) is 5.82 Å². The van der Waals surface area contributed by atoms with Crippen LogP contribution in [0.2, 0.25) is 5.02 Å². The SMILES string of the molecule is CCNCC(O)Cc1c(F)cccc1Cl. The highest BCUT2D eigenvalue weighted by molar-refractivity contribution is 6.31. The van der Waals surface area contributed by atoms with Crippen LogP contribution < -0.4 is 5.32 Å². The predicted octanol–water partition coefficient (Wildman–Crippen LogP) is 1.99. The van der Waals surface area contributed by atoms with Gasteiger partial charge < -0.3 is 10.4 Å². The van der Waals surface area contributed by atoms with Crippen LogP contribution in [0.25, 0.3) is 0 Å². The van der Waals surface area contributed by atoms with E-state index in [4.69, 9.17) is 11.6 Å². The topological polar surface area (TPSA) is 32.3 Å². The Morgan fingerprint density at radius 3 is 2.87 bits per heavy atom. The molecule has 0 radical (unpaired) electrons. The largest absolute Gasteiger partial charge is 0.391 e. The summed E-state index contributed by atoms with van der Waals surface area (Å²) in [5, 5.41) is 13.0. The summed E-state index contributed by atoms with van der Waals surface area (Å²) in [5.74, 6) is -0.363. The van der Waals surface area contributed by atoms with Gasteiger partial charge in [-0.15, -0.1) is 0 Å². The minimum Gasteiger partial charge on any atom is -0.391 e. The van der Waals surface area contributed by atoms with Gasteiger partial charge in [0.2, 0.25) is 0 Å². The van der Waals surface area contributed by atoms with Gasteiger partial charge in [0, 0.05) is 23.6 Å². The number of aliphatic hydroxyl groups is 1. The Hall–Kier alpha value is -0.640. The predicted molar refractivity (Wildman–Crippen MR) is 59.7 cm³/mol. The van der Waals surface area contributed by atoms with Gasteiger partial charge in [-0.3, -0.25) is 0 Å². The number of hydrogen-bond acceptors (Lipinski definition) is 2.